The zero-order valence-electron chi connectivity index (χ0n) is 17.3. The number of aryl methyl sites for hydroxylation is 1. The molecular weight excluding hydrogens is 346 g/mol. The van der Waals surface area contributed by atoms with Gasteiger partial charge in [-0.3, -0.25) is 0 Å². The lowest BCUT2D eigenvalue weighted by Gasteiger charge is -2.19. The van der Waals surface area contributed by atoms with Gasteiger partial charge in [-0.05, 0) is 55.1 Å². The highest BCUT2D eigenvalue weighted by molar-refractivity contribution is 5.26. The average molecular weight is 384 g/mol. The van der Waals surface area contributed by atoms with Crippen LogP contribution in [0.25, 0.3) is 0 Å². The predicted molar refractivity (Wildman–Crippen MR) is 116 cm³/mol. The molecule has 0 unspecified atom stereocenters. The summed E-state index contributed by atoms with van der Waals surface area (Å²) in [6.45, 7) is 2.77. The molecule has 0 heterocycles. The standard InChI is InChI=1S/C25H37NO2/c1-2-3-4-8-22(27)11-12-23-24-15-19(14-21(24)16-25(23)28)10-9-18-6-5-7-20(13-18)17-26/h5-7,11-14,21-25,27-28H,2-4,8-10,15-17,26H2,1H3/b12-11+/t21-,22-,23+,24-,25+/m0/s1. The molecule has 0 saturated heterocycles. The van der Waals surface area contributed by atoms with Crippen LogP contribution in [0.1, 0.15) is 63.0 Å². The van der Waals surface area contributed by atoms with Gasteiger partial charge in [-0.15, -0.1) is 0 Å². The third kappa shape index (κ3) is 5.56. The zero-order valence-corrected chi connectivity index (χ0v) is 17.3. The molecule has 1 aromatic rings. The fourth-order valence-electron chi connectivity index (χ4n) is 4.96. The van der Waals surface area contributed by atoms with Crippen molar-refractivity contribution in [3.8, 4) is 0 Å². The van der Waals surface area contributed by atoms with Gasteiger partial charge in [0, 0.05) is 12.5 Å². The van der Waals surface area contributed by atoms with Crippen LogP contribution in [0.5, 0.6) is 0 Å². The Labute approximate surface area is 170 Å². The van der Waals surface area contributed by atoms with Crippen molar-refractivity contribution in [1.29, 1.82) is 0 Å². The second-order valence-electron chi connectivity index (χ2n) is 8.71. The summed E-state index contributed by atoms with van der Waals surface area (Å²) in [6.07, 6.45) is 14.1. The first-order valence-corrected chi connectivity index (χ1v) is 11.1. The van der Waals surface area contributed by atoms with Crippen molar-refractivity contribution < 1.29 is 10.2 Å². The Kier molecular flexibility index (Phi) is 7.90. The van der Waals surface area contributed by atoms with Gasteiger partial charge in [-0.25, -0.2) is 0 Å². The number of allylic oxidation sites excluding steroid dienone is 2. The number of nitrogens with two attached hydrogens (primary N) is 1. The summed E-state index contributed by atoms with van der Waals surface area (Å²) in [7, 11) is 0. The van der Waals surface area contributed by atoms with Gasteiger partial charge in [0.2, 0.25) is 0 Å². The first-order valence-electron chi connectivity index (χ1n) is 11.1. The Morgan fingerprint density at radius 1 is 1.21 bits per heavy atom. The minimum Gasteiger partial charge on any atom is -0.392 e. The van der Waals surface area contributed by atoms with Crippen molar-refractivity contribution >= 4 is 0 Å². The Morgan fingerprint density at radius 2 is 2.04 bits per heavy atom. The molecule has 1 saturated carbocycles. The summed E-state index contributed by atoms with van der Waals surface area (Å²) in [5.74, 6) is 1.17. The van der Waals surface area contributed by atoms with Crippen LogP contribution in [-0.2, 0) is 13.0 Å². The van der Waals surface area contributed by atoms with Gasteiger partial charge < -0.3 is 15.9 Å². The number of aliphatic hydroxyl groups is 2. The first-order chi connectivity index (χ1) is 13.6. The van der Waals surface area contributed by atoms with E-state index < -0.39 is 0 Å². The van der Waals surface area contributed by atoms with E-state index in [4.69, 9.17) is 5.73 Å². The van der Waals surface area contributed by atoms with Crippen molar-refractivity contribution in [3.63, 3.8) is 0 Å². The van der Waals surface area contributed by atoms with E-state index >= 15 is 0 Å². The van der Waals surface area contributed by atoms with Crippen LogP contribution >= 0.6 is 0 Å². The molecule has 4 N–H and O–H groups in total. The van der Waals surface area contributed by atoms with Crippen LogP contribution in [0, 0.1) is 17.8 Å². The van der Waals surface area contributed by atoms with E-state index in [2.05, 4.69) is 43.3 Å². The highest BCUT2D eigenvalue weighted by Crippen LogP contribution is 2.48. The normalized spacial score (nSPS) is 27.9. The van der Waals surface area contributed by atoms with Crippen LogP contribution in [0.3, 0.4) is 0 Å². The lowest BCUT2D eigenvalue weighted by molar-refractivity contribution is 0.139. The van der Waals surface area contributed by atoms with Crippen molar-refractivity contribution in [2.45, 2.75) is 77.0 Å². The maximum absolute atomic E-state index is 10.5. The molecule has 0 spiro atoms. The molecule has 0 radical (unpaired) electrons. The fourth-order valence-corrected chi connectivity index (χ4v) is 4.96. The maximum atomic E-state index is 10.5. The number of benzene rings is 1. The largest absolute Gasteiger partial charge is 0.392 e. The minimum atomic E-state index is -0.374. The average Bonchev–Trinajstić information content (AvgIpc) is 3.21. The van der Waals surface area contributed by atoms with E-state index in [-0.39, 0.29) is 18.1 Å². The fraction of sp³-hybridized carbons (Fsp3) is 0.600. The number of rotatable bonds is 10. The third-order valence-electron chi connectivity index (χ3n) is 6.57. The van der Waals surface area contributed by atoms with Crippen molar-refractivity contribution in [2.24, 2.45) is 23.5 Å². The molecule has 154 valence electrons. The van der Waals surface area contributed by atoms with E-state index in [1.54, 1.807) is 0 Å². The van der Waals surface area contributed by atoms with Crippen molar-refractivity contribution in [3.05, 3.63) is 59.2 Å². The van der Waals surface area contributed by atoms with Gasteiger partial charge in [0.25, 0.3) is 0 Å². The van der Waals surface area contributed by atoms with Crippen LogP contribution in [0.2, 0.25) is 0 Å². The highest BCUT2D eigenvalue weighted by Gasteiger charge is 2.43. The monoisotopic (exact) mass is 383 g/mol. The highest BCUT2D eigenvalue weighted by atomic mass is 16.3. The summed E-state index contributed by atoms with van der Waals surface area (Å²) in [5, 5.41) is 20.7. The molecule has 0 aliphatic heterocycles. The molecule has 3 nitrogen and oxygen atoms in total. The molecule has 0 bridgehead atoms. The molecule has 28 heavy (non-hydrogen) atoms. The molecule has 1 fully saturated rings. The van der Waals surface area contributed by atoms with E-state index in [9.17, 15) is 10.2 Å². The quantitative estimate of drug-likeness (QED) is 0.411. The number of hydrogen-bond acceptors (Lipinski definition) is 3. The predicted octanol–water partition coefficient (Wildman–Crippen LogP) is 4.52. The van der Waals surface area contributed by atoms with E-state index in [1.165, 1.54) is 29.5 Å². The second-order valence-corrected chi connectivity index (χ2v) is 8.71. The summed E-state index contributed by atoms with van der Waals surface area (Å²) in [5.41, 5.74) is 9.83. The Hall–Kier alpha value is -1.42. The van der Waals surface area contributed by atoms with Crippen LogP contribution < -0.4 is 5.73 Å². The Morgan fingerprint density at radius 3 is 2.82 bits per heavy atom. The summed E-state index contributed by atoms with van der Waals surface area (Å²) < 4.78 is 0. The van der Waals surface area contributed by atoms with E-state index in [0.29, 0.717) is 18.4 Å². The maximum Gasteiger partial charge on any atom is 0.0721 e. The van der Waals surface area contributed by atoms with Gasteiger partial charge in [0.05, 0.1) is 12.2 Å². The Balaban J connectivity index is 1.51. The summed E-state index contributed by atoms with van der Waals surface area (Å²) >= 11 is 0. The topological polar surface area (TPSA) is 66.5 Å². The minimum absolute atomic E-state index is 0.181. The van der Waals surface area contributed by atoms with Gasteiger partial charge in [-0.1, -0.05) is 74.3 Å². The lowest BCUT2D eigenvalue weighted by atomic mass is 9.88. The number of unbranched alkanes of at least 4 members (excludes halogenated alkanes) is 2. The molecule has 0 aromatic heterocycles. The smallest absolute Gasteiger partial charge is 0.0721 e. The van der Waals surface area contributed by atoms with Gasteiger partial charge in [-0.2, -0.15) is 0 Å². The molecule has 3 rings (SSSR count). The first kappa shape index (κ1) is 21.3. The second kappa shape index (κ2) is 10.4. The molecule has 0 amide bonds. The SMILES string of the molecule is CCCCC[C@H](O)/C=C/[C@@H]1[C@H]2CC(CCc3cccc(CN)c3)=C[C@H]2C[C@H]1O. The van der Waals surface area contributed by atoms with Crippen LogP contribution in [-0.4, -0.2) is 22.4 Å². The van der Waals surface area contributed by atoms with Crippen molar-refractivity contribution in [2.75, 3.05) is 0 Å². The number of aliphatic hydroxyl groups excluding tert-OH is 2. The number of fused-ring (bicyclic) bond motifs is 1. The van der Waals surface area contributed by atoms with Crippen molar-refractivity contribution in [1.82, 2.24) is 0 Å². The summed E-state index contributed by atoms with van der Waals surface area (Å²) in [4.78, 5) is 0. The third-order valence-corrected chi connectivity index (χ3v) is 6.57. The molecule has 2 aliphatic carbocycles. The number of hydrogen-bond donors (Lipinski definition) is 3. The molecule has 3 heteroatoms. The summed E-state index contributed by atoms with van der Waals surface area (Å²) in [6, 6.07) is 8.58. The van der Waals surface area contributed by atoms with E-state index in [1.807, 2.05) is 6.08 Å². The van der Waals surface area contributed by atoms with Gasteiger partial charge in [0.1, 0.15) is 0 Å². The molecule has 5 atom stereocenters. The Bertz CT molecular complexity index is 681. The van der Waals surface area contributed by atoms with Gasteiger partial charge >= 0.3 is 0 Å². The van der Waals surface area contributed by atoms with Crippen LogP contribution in [0.15, 0.2) is 48.1 Å². The molecular formula is C25H37NO2. The van der Waals surface area contributed by atoms with Crippen LogP contribution in [0.4, 0.5) is 0 Å². The molecule has 2 aliphatic rings. The zero-order chi connectivity index (χ0) is 19.9. The lowest BCUT2D eigenvalue weighted by Crippen LogP contribution is -2.18. The molecule has 1 aromatic carbocycles. The van der Waals surface area contributed by atoms with Gasteiger partial charge in [0.15, 0.2) is 0 Å². The van der Waals surface area contributed by atoms with E-state index in [0.717, 1.165) is 38.5 Å².